The molecule has 0 aromatic heterocycles. The highest BCUT2D eigenvalue weighted by Gasteiger charge is 2.14. The minimum absolute atomic E-state index is 0.679. The van der Waals surface area contributed by atoms with Gasteiger partial charge in [0.1, 0.15) is 0 Å². The molecule has 0 bridgehead atoms. The maximum Gasteiger partial charge on any atom is 0.00357 e. The molecule has 0 aromatic rings. The SMILES string of the molecule is CNC(C)CCCCN(C)CC1CCCCC1. The highest BCUT2D eigenvalue weighted by molar-refractivity contribution is 4.69. The van der Waals surface area contributed by atoms with Crippen LogP contribution >= 0.6 is 0 Å². The molecule has 0 radical (unpaired) electrons. The lowest BCUT2D eigenvalue weighted by atomic mass is 9.89. The summed E-state index contributed by atoms with van der Waals surface area (Å²) in [6.45, 7) is 4.89. The molecule has 1 fully saturated rings. The molecule has 0 aromatic carbocycles. The van der Waals surface area contributed by atoms with Crippen LogP contribution in [0.2, 0.25) is 0 Å². The molecule has 1 aliphatic rings. The Labute approximate surface area is 108 Å². The quantitative estimate of drug-likeness (QED) is 0.655. The number of nitrogens with zero attached hydrogens (tertiary/aromatic N) is 1. The third kappa shape index (κ3) is 7.05. The van der Waals surface area contributed by atoms with Crippen molar-refractivity contribution in [2.75, 3.05) is 27.2 Å². The summed E-state index contributed by atoms with van der Waals surface area (Å²) in [6, 6.07) is 0.679. The molecule has 17 heavy (non-hydrogen) atoms. The van der Waals surface area contributed by atoms with Crippen LogP contribution in [0.3, 0.4) is 0 Å². The average molecular weight is 240 g/mol. The molecule has 1 aliphatic carbocycles. The smallest absolute Gasteiger partial charge is 0.00357 e. The van der Waals surface area contributed by atoms with E-state index in [0.29, 0.717) is 6.04 Å². The van der Waals surface area contributed by atoms with Crippen LogP contribution in [0.25, 0.3) is 0 Å². The summed E-state index contributed by atoms with van der Waals surface area (Å²) < 4.78 is 0. The van der Waals surface area contributed by atoms with E-state index in [1.807, 2.05) is 0 Å². The highest BCUT2D eigenvalue weighted by Crippen LogP contribution is 2.24. The van der Waals surface area contributed by atoms with E-state index in [0.717, 1.165) is 5.92 Å². The number of hydrogen-bond acceptors (Lipinski definition) is 2. The molecule has 0 heterocycles. The van der Waals surface area contributed by atoms with Gasteiger partial charge in [0, 0.05) is 12.6 Å². The standard InChI is InChI=1S/C15H32N2/c1-14(16-2)9-7-8-12-17(3)13-15-10-5-4-6-11-15/h14-16H,4-13H2,1-3H3. The van der Waals surface area contributed by atoms with E-state index in [1.54, 1.807) is 0 Å². The molecule has 1 rings (SSSR count). The predicted molar refractivity (Wildman–Crippen MR) is 76.4 cm³/mol. The molecular weight excluding hydrogens is 208 g/mol. The first-order chi connectivity index (χ1) is 8.22. The Balaban J connectivity index is 1.98. The molecule has 0 spiro atoms. The van der Waals surface area contributed by atoms with Gasteiger partial charge in [0.05, 0.1) is 0 Å². The molecule has 102 valence electrons. The summed E-state index contributed by atoms with van der Waals surface area (Å²) in [5.74, 6) is 0.991. The third-order valence-electron chi connectivity index (χ3n) is 4.21. The number of nitrogens with one attached hydrogen (secondary N) is 1. The zero-order chi connectivity index (χ0) is 12.5. The van der Waals surface area contributed by atoms with Gasteiger partial charge in [0.15, 0.2) is 0 Å². The summed E-state index contributed by atoms with van der Waals surface area (Å²) >= 11 is 0. The van der Waals surface area contributed by atoms with Crippen LogP contribution in [0.4, 0.5) is 0 Å². The lowest BCUT2D eigenvalue weighted by Crippen LogP contribution is -2.28. The molecule has 1 atom stereocenters. The molecular formula is C15H32N2. The normalized spacial score (nSPS) is 19.8. The number of rotatable bonds is 8. The van der Waals surface area contributed by atoms with Crippen LogP contribution in [-0.4, -0.2) is 38.1 Å². The van der Waals surface area contributed by atoms with Gasteiger partial charge < -0.3 is 10.2 Å². The molecule has 1 saturated carbocycles. The van der Waals surface area contributed by atoms with Crippen LogP contribution in [-0.2, 0) is 0 Å². The van der Waals surface area contributed by atoms with E-state index in [-0.39, 0.29) is 0 Å². The Kier molecular flexibility index (Phi) is 7.87. The maximum absolute atomic E-state index is 3.31. The van der Waals surface area contributed by atoms with Gasteiger partial charge in [-0.25, -0.2) is 0 Å². The Morgan fingerprint density at radius 1 is 1.18 bits per heavy atom. The largest absolute Gasteiger partial charge is 0.317 e. The average Bonchev–Trinajstić information content (AvgIpc) is 2.35. The third-order valence-corrected chi connectivity index (χ3v) is 4.21. The number of hydrogen-bond donors (Lipinski definition) is 1. The van der Waals surface area contributed by atoms with Crippen LogP contribution in [0.1, 0.15) is 58.3 Å². The van der Waals surface area contributed by atoms with Crippen molar-refractivity contribution in [2.24, 2.45) is 5.92 Å². The van der Waals surface area contributed by atoms with E-state index in [4.69, 9.17) is 0 Å². The van der Waals surface area contributed by atoms with Crippen LogP contribution < -0.4 is 5.32 Å². The summed E-state index contributed by atoms with van der Waals surface area (Å²) in [4.78, 5) is 2.56. The van der Waals surface area contributed by atoms with Gasteiger partial charge in [-0.05, 0) is 59.2 Å². The molecule has 0 aliphatic heterocycles. The molecule has 1 N–H and O–H groups in total. The summed E-state index contributed by atoms with van der Waals surface area (Å²) in [7, 11) is 4.36. The van der Waals surface area contributed by atoms with Gasteiger partial charge in [-0.3, -0.25) is 0 Å². The van der Waals surface area contributed by atoms with Crippen molar-refractivity contribution in [3.63, 3.8) is 0 Å². The van der Waals surface area contributed by atoms with Gasteiger partial charge >= 0.3 is 0 Å². The Bertz CT molecular complexity index is 176. The second-order valence-electron chi connectivity index (χ2n) is 5.95. The van der Waals surface area contributed by atoms with E-state index in [9.17, 15) is 0 Å². The van der Waals surface area contributed by atoms with Gasteiger partial charge in [0.25, 0.3) is 0 Å². The number of unbranched alkanes of at least 4 members (excludes halogenated alkanes) is 1. The van der Waals surface area contributed by atoms with Crippen molar-refractivity contribution in [1.82, 2.24) is 10.2 Å². The molecule has 2 nitrogen and oxygen atoms in total. The van der Waals surface area contributed by atoms with Crippen molar-refractivity contribution < 1.29 is 0 Å². The fraction of sp³-hybridized carbons (Fsp3) is 1.00. The van der Waals surface area contributed by atoms with E-state index >= 15 is 0 Å². The molecule has 0 amide bonds. The Morgan fingerprint density at radius 3 is 2.53 bits per heavy atom. The first-order valence-electron chi connectivity index (χ1n) is 7.58. The van der Waals surface area contributed by atoms with Gasteiger partial charge in [0.2, 0.25) is 0 Å². The maximum atomic E-state index is 3.31. The monoisotopic (exact) mass is 240 g/mol. The first-order valence-corrected chi connectivity index (χ1v) is 7.58. The lowest BCUT2D eigenvalue weighted by Gasteiger charge is -2.27. The van der Waals surface area contributed by atoms with Gasteiger partial charge in [-0.2, -0.15) is 0 Å². The summed E-state index contributed by atoms with van der Waals surface area (Å²) in [6.07, 6.45) is 11.4. The fourth-order valence-corrected chi connectivity index (χ4v) is 2.88. The second-order valence-corrected chi connectivity index (χ2v) is 5.95. The zero-order valence-electron chi connectivity index (χ0n) is 12.2. The minimum atomic E-state index is 0.679. The van der Waals surface area contributed by atoms with Crippen LogP contribution in [0, 0.1) is 5.92 Å². The Hall–Kier alpha value is -0.0800. The van der Waals surface area contributed by atoms with Crippen molar-refractivity contribution in [3.8, 4) is 0 Å². The zero-order valence-corrected chi connectivity index (χ0v) is 12.2. The summed E-state index contributed by atoms with van der Waals surface area (Å²) in [5, 5.41) is 3.31. The van der Waals surface area contributed by atoms with Crippen LogP contribution in [0.15, 0.2) is 0 Å². The lowest BCUT2D eigenvalue weighted by molar-refractivity contribution is 0.229. The predicted octanol–water partition coefficient (Wildman–Crippen LogP) is 3.28. The first kappa shape index (κ1) is 15.0. The van der Waals surface area contributed by atoms with E-state index < -0.39 is 0 Å². The Morgan fingerprint density at radius 2 is 1.88 bits per heavy atom. The van der Waals surface area contributed by atoms with Gasteiger partial charge in [-0.15, -0.1) is 0 Å². The summed E-state index contributed by atoms with van der Waals surface area (Å²) in [5.41, 5.74) is 0. The highest BCUT2D eigenvalue weighted by atomic mass is 15.1. The molecule has 2 heteroatoms. The topological polar surface area (TPSA) is 15.3 Å². The molecule has 1 unspecified atom stereocenters. The van der Waals surface area contributed by atoms with Crippen molar-refractivity contribution in [1.29, 1.82) is 0 Å². The van der Waals surface area contributed by atoms with Gasteiger partial charge in [-0.1, -0.05) is 25.7 Å². The van der Waals surface area contributed by atoms with Crippen LogP contribution in [0.5, 0.6) is 0 Å². The fourth-order valence-electron chi connectivity index (χ4n) is 2.88. The van der Waals surface area contributed by atoms with E-state index in [1.165, 1.54) is 64.5 Å². The molecule has 0 saturated heterocycles. The van der Waals surface area contributed by atoms with E-state index in [2.05, 4.69) is 31.2 Å². The second kappa shape index (κ2) is 8.93. The van der Waals surface area contributed by atoms with Crippen molar-refractivity contribution >= 4 is 0 Å². The minimum Gasteiger partial charge on any atom is -0.317 e. The van der Waals surface area contributed by atoms with Crippen molar-refractivity contribution in [3.05, 3.63) is 0 Å². The van der Waals surface area contributed by atoms with Crippen molar-refractivity contribution in [2.45, 2.75) is 64.3 Å².